The molecule has 0 spiro atoms. The van der Waals surface area contributed by atoms with E-state index in [1.54, 1.807) is 0 Å². The molecular formula is C5H9ClN2O. The van der Waals surface area contributed by atoms with Crippen LogP contribution in [0.4, 0.5) is 0 Å². The first kappa shape index (κ1) is 6.96. The fourth-order valence-electron chi connectivity index (χ4n) is 0.443. The molecule has 1 aliphatic rings. The van der Waals surface area contributed by atoms with Crippen molar-refractivity contribution in [1.29, 1.82) is 0 Å². The smallest absolute Gasteiger partial charge is 0.320 e. The summed E-state index contributed by atoms with van der Waals surface area (Å²) in [6, 6.07) is 0. The first-order chi connectivity index (χ1) is 4.27. The van der Waals surface area contributed by atoms with Crippen molar-refractivity contribution in [3.8, 4) is 0 Å². The fraction of sp³-hybridized carbons (Fsp3) is 1.00. The molecule has 1 heterocycles. The maximum atomic E-state index is 5.52. The minimum atomic E-state index is -0.977. The van der Waals surface area contributed by atoms with E-state index in [0.29, 0.717) is 6.61 Å². The van der Waals surface area contributed by atoms with Crippen LogP contribution in [0.15, 0.2) is 10.2 Å². The Hall–Kier alpha value is -0.150. The average Bonchev–Trinajstić information content (AvgIpc) is 2.50. The number of alkyl halides is 1. The van der Waals surface area contributed by atoms with E-state index in [9.17, 15) is 0 Å². The van der Waals surface area contributed by atoms with Crippen LogP contribution >= 0.6 is 11.6 Å². The van der Waals surface area contributed by atoms with Crippen molar-refractivity contribution in [2.24, 2.45) is 10.2 Å². The lowest BCUT2D eigenvalue weighted by Gasteiger charge is -2.01. The molecule has 9 heavy (non-hydrogen) atoms. The van der Waals surface area contributed by atoms with Crippen molar-refractivity contribution in [2.75, 3.05) is 6.61 Å². The summed E-state index contributed by atoms with van der Waals surface area (Å²) in [5.74, 6) is 0. The van der Waals surface area contributed by atoms with Gasteiger partial charge in [-0.3, -0.25) is 0 Å². The highest BCUT2D eigenvalue weighted by Crippen LogP contribution is 2.33. The Morgan fingerprint density at radius 2 is 2.22 bits per heavy atom. The molecule has 0 aromatic rings. The van der Waals surface area contributed by atoms with Gasteiger partial charge >= 0.3 is 5.31 Å². The molecule has 4 heteroatoms. The molecule has 0 fully saturated rings. The number of hydrogen-bond donors (Lipinski definition) is 0. The summed E-state index contributed by atoms with van der Waals surface area (Å²) in [5, 5.41) is 5.97. The zero-order chi connectivity index (χ0) is 6.74. The van der Waals surface area contributed by atoms with Crippen LogP contribution in [0.3, 0.4) is 0 Å². The molecular weight excluding hydrogens is 140 g/mol. The SMILES string of the molecule is CCCCOC1(Cl)N=N1. The third-order valence-electron chi connectivity index (χ3n) is 1.04. The average molecular weight is 149 g/mol. The minimum Gasteiger partial charge on any atom is -0.320 e. The number of unbranched alkanes of at least 4 members (excludes halogenated alkanes) is 1. The molecule has 0 saturated carbocycles. The molecule has 1 aliphatic heterocycles. The maximum Gasteiger partial charge on any atom is 0.375 e. The summed E-state index contributed by atoms with van der Waals surface area (Å²) >= 11 is 5.52. The second-order valence-electron chi connectivity index (χ2n) is 1.93. The van der Waals surface area contributed by atoms with E-state index in [4.69, 9.17) is 16.3 Å². The number of rotatable bonds is 4. The van der Waals surface area contributed by atoms with Crippen LogP contribution in [0.25, 0.3) is 0 Å². The molecule has 52 valence electrons. The van der Waals surface area contributed by atoms with Crippen molar-refractivity contribution in [2.45, 2.75) is 25.1 Å². The van der Waals surface area contributed by atoms with Gasteiger partial charge in [-0.1, -0.05) is 13.3 Å². The van der Waals surface area contributed by atoms with Crippen LogP contribution in [0, 0.1) is 0 Å². The van der Waals surface area contributed by atoms with E-state index in [-0.39, 0.29) is 0 Å². The Labute approximate surface area is 59.1 Å². The summed E-state index contributed by atoms with van der Waals surface area (Å²) < 4.78 is 5.01. The lowest BCUT2D eigenvalue weighted by atomic mass is 10.4. The third kappa shape index (κ3) is 2.28. The Bertz CT molecular complexity index is 120. The fourth-order valence-corrected chi connectivity index (χ4v) is 0.558. The molecule has 0 aliphatic carbocycles. The summed E-state index contributed by atoms with van der Waals surface area (Å²) in [7, 11) is 0. The Morgan fingerprint density at radius 1 is 1.56 bits per heavy atom. The van der Waals surface area contributed by atoms with Crippen molar-refractivity contribution in [1.82, 2.24) is 0 Å². The monoisotopic (exact) mass is 148 g/mol. The van der Waals surface area contributed by atoms with E-state index in [0.717, 1.165) is 12.8 Å². The van der Waals surface area contributed by atoms with Gasteiger partial charge in [-0.05, 0) is 18.0 Å². The molecule has 0 aromatic carbocycles. The van der Waals surface area contributed by atoms with Gasteiger partial charge in [0, 0.05) is 0 Å². The molecule has 0 N–H and O–H groups in total. The standard InChI is InChI=1S/C5H9ClN2O/c1-2-3-4-9-5(6)7-8-5/h2-4H2,1H3. The minimum absolute atomic E-state index is 0.646. The van der Waals surface area contributed by atoms with Gasteiger partial charge in [-0.25, -0.2) is 0 Å². The first-order valence-electron chi connectivity index (χ1n) is 3.04. The highest BCUT2D eigenvalue weighted by Gasteiger charge is 2.38. The van der Waals surface area contributed by atoms with Crippen LogP contribution in [0.5, 0.6) is 0 Å². The zero-order valence-corrected chi connectivity index (χ0v) is 6.06. The van der Waals surface area contributed by atoms with Gasteiger partial charge in [0.15, 0.2) is 0 Å². The summed E-state index contributed by atoms with van der Waals surface area (Å²) in [4.78, 5) is 0. The Kier molecular flexibility index (Phi) is 2.03. The summed E-state index contributed by atoms with van der Waals surface area (Å²) in [5.41, 5.74) is 0. The molecule has 0 unspecified atom stereocenters. The van der Waals surface area contributed by atoms with Gasteiger partial charge in [0.05, 0.1) is 6.61 Å². The molecule has 0 aromatic heterocycles. The van der Waals surface area contributed by atoms with Gasteiger partial charge in [0.25, 0.3) is 0 Å². The van der Waals surface area contributed by atoms with Gasteiger partial charge in [0.2, 0.25) is 0 Å². The van der Waals surface area contributed by atoms with Gasteiger partial charge < -0.3 is 4.74 Å². The molecule has 3 nitrogen and oxygen atoms in total. The predicted octanol–water partition coefficient (Wildman–Crippen LogP) is 2.12. The first-order valence-corrected chi connectivity index (χ1v) is 3.41. The summed E-state index contributed by atoms with van der Waals surface area (Å²) in [6.07, 6.45) is 2.12. The van der Waals surface area contributed by atoms with E-state index in [1.807, 2.05) is 0 Å². The Balaban J connectivity index is 1.93. The van der Waals surface area contributed by atoms with Crippen molar-refractivity contribution < 1.29 is 4.74 Å². The number of halogens is 1. The van der Waals surface area contributed by atoms with E-state index in [1.165, 1.54) is 0 Å². The van der Waals surface area contributed by atoms with Crippen LogP contribution in [-0.4, -0.2) is 11.9 Å². The van der Waals surface area contributed by atoms with Crippen LogP contribution < -0.4 is 0 Å². The van der Waals surface area contributed by atoms with Gasteiger partial charge in [0.1, 0.15) is 0 Å². The molecule has 0 atom stereocenters. The molecule has 1 rings (SSSR count). The largest absolute Gasteiger partial charge is 0.375 e. The second-order valence-corrected chi connectivity index (χ2v) is 2.42. The maximum absolute atomic E-state index is 5.52. The van der Waals surface area contributed by atoms with E-state index >= 15 is 0 Å². The lowest BCUT2D eigenvalue weighted by Crippen LogP contribution is -2.07. The molecule has 0 amide bonds. The predicted molar refractivity (Wildman–Crippen MR) is 34.3 cm³/mol. The number of nitrogens with zero attached hydrogens (tertiary/aromatic N) is 2. The molecule has 0 radical (unpaired) electrons. The van der Waals surface area contributed by atoms with Crippen molar-refractivity contribution in [3.63, 3.8) is 0 Å². The molecule has 0 bridgehead atoms. The van der Waals surface area contributed by atoms with Crippen LogP contribution in [0.2, 0.25) is 0 Å². The highest BCUT2D eigenvalue weighted by molar-refractivity contribution is 6.23. The Morgan fingerprint density at radius 3 is 2.67 bits per heavy atom. The van der Waals surface area contributed by atoms with Crippen molar-refractivity contribution in [3.05, 3.63) is 0 Å². The van der Waals surface area contributed by atoms with Crippen LogP contribution in [0.1, 0.15) is 19.8 Å². The van der Waals surface area contributed by atoms with Crippen molar-refractivity contribution >= 4 is 11.6 Å². The highest BCUT2D eigenvalue weighted by atomic mass is 35.5. The van der Waals surface area contributed by atoms with E-state index in [2.05, 4.69) is 17.2 Å². The summed E-state index contributed by atoms with van der Waals surface area (Å²) in [6.45, 7) is 2.73. The normalized spacial score (nSPS) is 20.2. The number of ether oxygens (including phenoxy) is 1. The van der Waals surface area contributed by atoms with Gasteiger partial charge in [-0.2, -0.15) is 0 Å². The van der Waals surface area contributed by atoms with Crippen LogP contribution in [-0.2, 0) is 4.74 Å². The second kappa shape index (κ2) is 2.62. The number of hydrogen-bond acceptors (Lipinski definition) is 3. The lowest BCUT2D eigenvalue weighted by molar-refractivity contribution is 0.0762. The molecule has 0 saturated heterocycles. The topological polar surface area (TPSA) is 34.0 Å². The van der Waals surface area contributed by atoms with Gasteiger partial charge in [-0.15, -0.1) is 10.2 Å². The zero-order valence-electron chi connectivity index (χ0n) is 5.30. The third-order valence-corrected chi connectivity index (χ3v) is 1.30. The van der Waals surface area contributed by atoms with E-state index < -0.39 is 5.31 Å². The quantitative estimate of drug-likeness (QED) is 0.342.